The average molecular weight is 358 g/mol. The third-order valence-corrected chi connectivity index (χ3v) is 4.69. The molecular formula is C18H26N6O2. The number of aliphatic hydroxyl groups is 1. The minimum absolute atomic E-state index is 0.106. The van der Waals surface area contributed by atoms with Crippen LogP contribution in [-0.2, 0) is 5.41 Å². The summed E-state index contributed by atoms with van der Waals surface area (Å²) in [6.07, 6.45) is 5.49. The van der Waals surface area contributed by atoms with E-state index in [0.717, 1.165) is 11.5 Å². The van der Waals surface area contributed by atoms with Crippen LogP contribution in [0.2, 0.25) is 0 Å². The van der Waals surface area contributed by atoms with Gasteiger partial charge >= 0.3 is 0 Å². The van der Waals surface area contributed by atoms with Crippen molar-refractivity contribution in [3.63, 3.8) is 0 Å². The van der Waals surface area contributed by atoms with Crippen molar-refractivity contribution in [2.75, 3.05) is 31.6 Å². The predicted molar refractivity (Wildman–Crippen MR) is 98.1 cm³/mol. The Morgan fingerprint density at radius 2 is 2.19 bits per heavy atom. The van der Waals surface area contributed by atoms with Gasteiger partial charge in [0.05, 0.1) is 12.7 Å². The first kappa shape index (κ1) is 18.3. The smallest absolute Gasteiger partial charge is 0.274 e. The van der Waals surface area contributed by atoms with Crippen molar-refractivity contribution in [2.24, 2.45) is 0 Å². The number of anilines is 1. The number of amides is 1. The standard InChI is InChI=1S/C18H26N6O2/c1-17(2,3)14-9-13(21-22-14)16(25)23(4)11-18(26)5-8-24(12-18)15-10-19-6-7-20-15/h6-7,9-10,26H,5,8,11-12H2,1-4H3,(H,21,22)/t18-/m1/s1. The number of nitrogens with zero attached hydrogens (tertiary/aromatic N) is 5. The highest BCUT2D eigenvalue weighted by Gasteiger charge is 2.39. The highest BCUT2D eigenvalue weighted by atomic mass is 16.3. The first-order valence-corrected chi connectivity index (χ1v) is 8.73. The van der Waals surface area contributed by atoms with Gasteiger partial charge in [-0.15, -0.1) is 0 Å². The second-order valence-electron chi connectivity index (χ2n) is 8.04. The maximum Gasteiger partial charge on any atom is 0.274 e. The second-order valence-corrected chi connectivity index (χ2v) is 8.04. The molecule has 1 aliphatic heterocycles. The molecule has 0 saturated carbocycles. The Morgan fingerprint density at radius 1 is 1.42 bits per heavy atom. The largest absolute Gasteiger partial charge is 0.386 e. The summed E-state index contributed by atoms with van der Waals surface area (Å²) in [7, 11) is 1.69. The molecule has 26 heavy (non-hydrogen) atoms. The highest BCUT2D eigenvalue weighted by Crippen LogP contribution is 2.26. The number of nitrogens with one attached hydrogen (secondary N) is 1. The summed E-state index contributed by atoms with van der Waals surface area (Å²) in [6.45, 7) is 7.49. The van der Waals surface area contributed by atoms with Crippen molar-refractivity contribution in [3.05, 3.63) is 36.0 Å². The van der Waals surface area contributed by atoms with Crippen LogP contribution in [0.3, 0.4) is 0 Å². The summed E-state index contributed by atoms with van der Waals surface area (Å²) in [5.41, 5.74) is 0.184. The van der Waals surface area contributed by atoms with E-state index in [1.807, 2.05) is 4.90 Å². The lowest BCUT2D eigenvalue weighted by atomic mass is 9.92. The van der Waals surface area contributed by atoms with Gasteiger partial charge in [0.1, 0.15) is 17.1 Å². The van der Waals surface area contributed by atoms with Crippen LogP contribution in [0, 0.1) is 0 Å². The van der Waals surface area contributed by atoms with E-state index in [-0.39, 0.29) is 17.9 Å². The molecule has 8 nitrogen and oxygen atoms in total. The van der Waals surface area contributed by atoms with Crippen molar-refractivity contribution in [2.45, 2.75) is 38.2 Å². The molecule has 0 aromatic carbocycles. The Labute approximate surface area is 153 Å². The third kappa shape index (κ3) is 3.85. The summed E-state index contributed by atoms with van der Waals surface area (Å²) < 4.78 is 0. The van der Waals surface area contributed by atoms with Gasteiger partial charge in [-0.3, -0.25) is 14.9 Å². The normalized spacial score (nSPS) is 20.4. The minimum atomic E-state index is -0.981. The number of aromatic amines is 1. The van der Waals surface area contributed by atoms with Gasteiger partial charge in [0.15, 0.2) is 0 Å². The van der Waals surface area contributed by atoms with Gasteiger partial charge in [-0.05, 0) is 12.5 Å². The van der Waals surface area contributed by atoms with Gasteiger partial charge < -0.3 is 14.9 Å². The average Bonchev–Trinajstić information content (AvgIpc) is 3.22. The van der Waals surface area contributed by atoms with Crippen LogP contribution in [0.15, 0.2) is 24.7 Å². The second kappa shape index (κ2) is 6.68. The zero-order valence-corrected chi connectivity index (χ0v) is 15.7. The first-order chi connectivity index (χ1) is 12.2. The molecular weight excluding hydrogens is 332 g/mol. The van der Waals surface area contributed by atoms with E-state index in [1.165, 1.54) is 4.90 Å². The number of hydrogen-bond donors (Lipinski definition) is 2. The fraction of sp³-hybridized carbons (Fsp3) is 0.556. The van der Waals surface area contributed by atoms with Crippen LogP contribution in [0.5, 0.6) is 0 Å². The van der Waals surface area contributed by atoms with E-state index in [2.05, 4.69) is 40.9 Å². The molecule has 1 fully saturated rings. The molecule has 1 atom stereocenters. The van der Waals surface area contributed by atoms with Crippen LogP contribution < -0.4 is 4.90 Å². The number of rotatable bonds is 4. The molecule has 0 radical (unpaired) electrons. The maximum atomic E-state index is 12.7. The van der Waals surface area contributed by atoms with Crippen molar-refractivity contribution in [3.8, 4) is 0 Å². The minimum Gasteiger partial charge on any atom is -0.386 e. The lowest BCUT2D eigenvalue weighted by Crippen LogP contribution is -2.46. The molecule has 0 unspecified atom stereocenters. The van der Waals surface area contributed by atoms with Crippen LogP contribution in [0.4, 0.5) is 5.82 Å². The SMILES string of the molecule is CN(C[C@]1(O)CCN(c2cnccn2)C1)C(=O)c1cc(C(C)(C)C)[nH]n1. The Morgan fingerprint density at radius 3 is 2.81 bits per heavy atom. The molecule has 140 valence electrons. The van der Waals surface area contributed by atoms with Crippen LogP contribution in [-0.4, -0.2) is 68.4 Å². The molecule has 3 rings (SSSR count). The molecule has 8 heteroatoms. The molecule has 1 aliphatic rings. The summed E-state index contributed by atoms with van der Waals surface area (Å²) >= 11 is 0. The van der Waals surface area contributed by atoms with Crippen LogP contribution >= 0.6 is 0 Å². The first-order valence-electron chi connectivity index (χ1n) is 8.73. The number of carbonyl (C=O) groups excluding carboxylic acids is 1. The quantitative estimate of drug-likeness (QED) is 0.852. The molecule has 0 bridgehead atoms. The van der Waals surface area contributed by atoms with E-state index < -0.39 is 5.60 Å². The summed E-state index contributed by atoms with van der Waals surface area (Å²) in [5, 5.41) is 18.0. The molecule has 0 spiro atoms. The summed E-state index contributed by atoms with van der Waals surface area (Å²) in [6, 6.07) is 1.78. The van der Waals surface area contributed by atoms with Gasteiger partial charge in [0.25, 0.3) is 5.91 Å². The van der Waals surface area contributed by atoms with Crippen LogP contribution in [0.1, 0.15) is 43.4 Å². The van der Waals surface area contributed by atoms with Crippen molar-refractivity contribution >= 4 is 11.7 Å². The maximum absolute atomic E-state index is 12.7. The van der Waals surface area contributed by atoms with Gasteiger partial charge in [0, 0.05) is 43.6 Å². The van der Waals surface area contributed by atoms with Crippen molar-refractivity contribution in [1.82, 2.24) is 25.1 Å². The van der Waals surface area contributed by atoms with E-state index in [9.17, 15) is 9.90 Å². The highest BCUT2D eigenvalue weighted by molar-refractivity contribution is 5.92. The molecule has 1 saturated heterocycles. The Bertz CT molecular complexity index is 769. The number of H-pyrrole nitrogens is 1. The van der Waals surface area contributed by atoms with Crippen LogP contribution in [0.25, 0.3) is 0 Å². The monoisotopic (exact) mass is 358 g/mol. The van der Waals surface area contributed by atoms with Gasteiger partial charge in [0.2, 0.25) is 0 Å². The fourth-order valence-electron chi connectivity index (χ4n) is 3.16. The van der Waals surface area contributed by atoms with Crippen molar-refractivity contribution < 1.29 is 9.90 Å². The van der Waals surface area contributed by atoms with Gasteiger partial charge in [-0.1, -0.05) is 20.8 Å². The van der Waals surface area contributed by atoms with E-state index in [1.54, 1.807) is 31.7 Å². The number of carbonyl (C=O) groups is 1. The summed E-state index contributed by atoms with van der Waals surface area (Å²) in [5.74, 6) is 0.530. The van der Waals surface area contributed by atoms with Gasteiger partial charge in [-0.2, -0.15) is 5.10 Å². The van der Waals surface area contributed by atoms with E-state index in [0.29, 0.717) is 25.2 Å². The lowest BCUT2D eigenvalue weighted by molar-refractivity contribution is 0.0262. The Balaban J connectivity index is 1.65. The molecule has 2 aromatic heterocycles. The predicted octanol–water partition coefficient (Wildman–Crippen LogP) is 1.21. The molecule has 1 amide bonds. The zero-order valence-electron chi connectivity index (χ0n) is 15.7. The molecule has 2 aromatic rings. The number of likely N-dealkylation sites (N-methyl/N-ethyl adjacent to an activating group) is 1. The number of hydrogen-bond acceptors (Lipinski definition) is 6. The van der Waals surface area contributed by atoms with E-state index in [4.69, 9.17) is 0 Å². The van der Waals surface area contributed by atoms with Crippen molar-refractivity contribution in [1.29, 1.82) is 0 Å². The Hall–Kier alpha value is -2.48. The fourth-order valence-corrected chi connectivity index (χ4v) is 3.16. The molecule has 2 N–H and O–H groups in total. The topological polar surface area (TPSA) is 98.2 Å². The third-order valence-electron chi connectivity index (χ3n) is 4.69. The molecule has 3 heterocycles. The van der Waals surface area contributed by atoms with E-state index >= 15 is 0 Å². The Kier molecular flexibility index (Phi) is 4.70. The number of aromatic nitrogens is 4. The number of β-amino-alcohol motifs (C(OH)–C–C–N with tert-alkyl or cyclic N) is 1. The lowest BCUT2D eigenvalue weighted by Gasteiger charge is -2.28. The zero-order chi connectivity index (χ0) is 18.9. The summed E-state index contributed by atoms with van der Waals surface area (Å²) in [4.78, 5) is 24.5. The molecule has 0 aliphatic carbocycles. The van der Waals surface area contributed by atoms with Gasteiger partial charge in [-0.25, -0.2) is 4.98 Å².